The van der Waals surface area contributed by atoms with Crippen LogP contribution in [0.25, 0.3) is 0 Å². The molecular weight excluding hydrogens is 322 g/mol. The predicted molar refractivity (Wildman–Crippen MR) is 102 cm³/mol. The van der Waals surface area contributed by atoms with Crippen molar-refractivity contribution in [3.8, 4) is 6.07 Å². The fraction of sp³-hybridized carbons (Fsp3) is 0.500. The van der Waals surface area contributed by atoms with Crippen molar-refractivity contribution >= 4 is 0 Å². The second-order valence-corrected chi connectivity index (χ2v) is 8.28. The maximum absolute atomic E-state index is 9.34. The quantitative estimate of drug-likeness (QED) is 0.593. The van der Waals surface area contributed by atoms with Crippen LogP contribution in [0.5, 0.6) is 0 Å². The third kappa shape index (κ3) is 2.67. The molecule has 2 heterocycles. The molecular formula is C22H27N3O. The van der Waals surface area contributed by atoms with Gasteiger partial charge in [0.1, 0.15) is 5.60 Å². The minimum Gasteiger partial charge on any atom is -0.332 e. The molecule has 4 nitrogen and oxygen atoms in total. The summed E-state index contributed by atoms with van der Waals surface area (Å²) in [6, 6.07) is 13.6. The van der Waals surface area contributed by atoms with Gasteiger partial charge in [0, 0.05) is 18.7 Å². The van der Waals surface area contributed by atoms with E-state index in [1.165, 1.54) is 16.7 Å². The zero-order valence-corrected chi connectivity index (χ0v) is 16.1. The molecule has 2 fully saturated rings. The number of nitriles is 1. The van der Waals surface area contributed by atoms with E-state index in [2.05, 4.69) is 73.9 Å². The summed E-state index contributed by atoms with van der Waals surface area (Å²) in [5, 5.41) is 9.34. The highest BCUT2D eigenvalue weighted by atomic mass is 16.6. The van der Waals surface area contributed by atoms with Gasteiger partial charge in [-0.3, -0.25) is 4.90 Å². The van der Waals surface area contributed by atoms with E-state index >= 15 is 0 Å². The van der Waals surface area contributed by atoms with E-state index in [0.717, 1.165) is 25.1 Å². The molecule has 1 aromatic carbocycles. The summed E-state index contributed by atoms with van der Waals surface area (Å²) in [5.41, 5.74) is 4.85. The summed E-state index contributed by atoms with van der Waals surface area (Å²) in [6.45, 7) is 9.51. The van der Waals surface area contributed by atoms with Crippen LogP contribution in [0.4, 0.5) is 0 Å². The van der Waals surface area contributed by atoms with Crippen LogP contribution in [0.2, 0.25) is 0 Å². The Balaban J connectivity index is 1.74. The summed E-state index contributed by atoms with van der Waals surface area (Å²) in [5.74, 6) is 0. The molecule has 0 radical (unpaired) electrons. The van der Waals surface area contributed by atoms with Crippen LogP contribution < -0.4 is 0 Å². The molecule has 136 valence electrons. The Morgan fingerprint density at radius 3 is 2.46 bits per heavy atom. The zero-order chi connectivity index (χ0) is 18.5. The Morgan fingerprint density at radius 1 is 1.15 bits per heavy atom. The van der Waals surface area contributed by atoms with Crippen LogP contribution in [0.3, 0.4) is 0 Å². The van der Waals surface area contributed by atoms with E-state index in [1.54, 1.807) is 6.08 Å². The Hall–Kier alpha value is -2.09. The minimum atomic E-state index is -0.440. The Morgan fingerprint density at radius 2 is 1.81 bits per heavy atom. The topological polar surface area (TPSA) is 39.5 Å². The van der Waals surface area contributed by atoms with Crippen LogP contribution in [0.15, 0.2) is 53.3 Å². The summed E-state index contributed by atoms with van der Waals surface area (Å²) < 4.78 is 6.50. The van der Waals surface area contributed by atoms with Crippen molar-refractivity contribution < 1.29 is 4.74 Å². The van der Waals surface area contributed by atoms with Crippen molar-refractivity contribution in [1.82, 2.24) is 9.80 Å². The predicted octanol–water partition coefficient (Wildman–Crippen LogP) is 4.17. The fourth-order valence-corrected chi connectivity index (χ4v) is 4.71. The smallest absolute Gasteiger partial charge is 0.191 e. The molecule has 0 saturated carbocycles. The van der Waals surface area contributed by atoms with Crippen molar-refractivity contribution in [3.05, 3.63) is 58.8 Å². The molecule has 2 aliphatic heterocycles. The second-order valence-electron chi connectivity index (χ2n) is 8.28. The average Bonchev–Trinajstić information content (AvgIpc) is 3.01. The molecule has 0 N–H and O–H groups in total. The van der Waals surface area contributed by atoms with Gasteiger partial charge < -0.3 is 9.64 Å². The van der Waals surface area contributed by atoms with Crippen molar-refractivity contribution in [2.45, 2.75) is 71.1 Å². The first-order chi connectivity index (χ1) is 12.4. The lowest BCUT2D eigenvalue weighted by atomic mass is 9.85. The van der Waals surface area contributed by atoms with E-state index in [1.807, 2.05) is 0 Å². The molecule has 3 aliphatic rings. The van der Waals surface area contributed by atoms with Gasteiger partial charge in [-0.1, -0.05) is 41.5 Å². The van der Waals surface area contributed by atoms with E-state index in [9.17, 15) is 5.26 Å². The van der Waals surface area contributed by atoms with Gasteiger partial charge in [-0.15, -0.1) is 0 Å². The van der Waals surface area contributed by atoms with E-state index < -0.39 is 5.60 Å². The monoisotopic (exact) mass is 349 g/mol. The van der Waals surface area contributed by atoms with Crippen molar-refractivity contribution in [2.24, 2.45) is 0 Å². The highest BCUT2D eigenvalue weighted by Gasteiger charge is 2.57. The van der Waals surface area contributed by atoms with E-state index in [4.69, 9.17) is 4.74 Å². The van der Waals surface area contributed by atoms with Crippen LogP contribution in [0.1, 0.15) is 46.1 Å². The molecule has 4 heteroatoms. The molecule has 0 aromatic heterocycles. The third-order valence-corrected chi connectivity index (χ3v) is 6.21. The lowest BCUT2D eigenvalue weighted by molar-refractivity contribution is -0.110. The highest BCUT2D eigenvalue weighted by Crippen LogP contribution is 2.49. The van der Waals surface area contributed by atoms with Gasteiger partial charge >= 0.3 is 0 Å². The molecule has 2 saturated heterocycles. The van der Waals surface area contributed by atoms with Crippen LogP contribution in [-0.2, 0) is 11.3 Å². The second kappa shape index (κ2) is 6.26. The van der Waals surface area contributed by atoms with Gasteiger partial charge in [-0.25, -0.2) is 0 Å². The first-order valence-corrected chi connectivity index (χ1v) is 9.43. The van der Waals surface area contributed by atoms with E-state index in [0.29, 0.717) is 12.1 Å². The Kier molecular flexibility index (Phi) is 4.17. The van der Waals surface area contributed by atoms with Crippen molar-refractivity contribution in [2.75, 3.05) is 0 Å². The van der Waals surface area contributed by atoms with Gasteiger partial charge in [0.2, 0.25) is 0 Å². The third-order valence-electron chi connectivity index (χ3n) is 6.21. The number of benzene rings is 1. The zero-order valence-electron chi connectivity index (χ0n) is 16.1. The Bertz CT molecular complexity index is 802. The van der Waals surface area contributed by atoms with Gasteiger partial charge in [0.05, 0.1) is 17.8 Å². The van der Waals surface area contributed by atoms with Crippen LogP contribution >= 0.6 is 0 Å². The van der Waals surface area contributed by atoms with Gasteiger partial charge in [-0.05, 0) is 46.1 Å². The first kappa shape index (κ1) is 17.3. The molecule has 4 rings (SSSR count). The number of nitrogens with zero attached hydrogens (tertiary/aromatic N) is 3. The molecule has 0 spiro atoms. The number of hydrogen-bond donors (Lipinski definition) is 0. The molecule has 1 aliphatic carbocycles. The SMILES string of the molecule is CC1=C(C)CC2C(C1)N(Cc1ccccc1)C1OC(C)(C)/C(=C/C#N)N21. The van der Waals surface area contributed by atoms with Crippen LogP contribution in [-0.4, -0.2) is 33.8 Å². The maximum atomic E-state index is 9.34. The number of fused-ring (bicyclic) bond motifs is 3. The summed E-state index contributed by atoms with van der Waals surface area (Å²) in [6.07, 6.45) is 3.70. The average molecular weight is 349 g/mol. The largest absolute Gasteiger partial charge is 0.332 e. The molecule has 1 aromatic rings. The molecule has 3 atom stereocenters. The first-order valence-electron chi connectivity index (χ1n) is 9.43. The molecule has 3 unspecified atom stereocenters. The van der Waals surface area contributed by atoms with E-state index in [-0.39, 0.29) is 6.35 Å². The summed E-state index contributed by atoms with van der Waals surface area (Å²) in [7, 11) is 0. The van der Waals surface area contributed by atoms with Gasteiger partial charge in [-0.2, -0.15) is 5.26 Å². The number of ether oxygens (including phenoxy) is 1. The normalized spacial score (nSPS) is 31.9. The minimum absolute atomic E-state index is 0.0986. The fourth-order valence-electron chi connectivity index (χ4n) is 4.71. The molecule has 26 heavy (non-hydrogen) atoms. The highest BCUT2D eigenvalue weighted by molar-refractivity contribution is 5.31. The lowest BCUT2D eigenvalue weighted by Gasteiger charge is -2.36. The van der Waals surface area contributed by atoms with Gasteiger partial charge in [0.25, 0.3) is 0 Å². The number of hydrogen-bond acceptors (Lipinski definition) is 4. The Labute approximate surface area is 156 Å². The summed E-state index contributed by atoms with van der Waals surface area (Å²) in [4.78, 5) is 4.88. The molecule has 0 amide bonds. The number of rotatable bonds is 2. The van der Waals surface area contributed by atoms with Crippen LogP contribution in [0, 0.1) is 11.3 Å². The van der Waals surface area contributed by atoms with Crippen molar-refractivity contribution in [3.63, 3.8) is 0 Å². The number of allylic oxidation sites excluding steroid dienone is 1. The lowest BCUT2D eigenvalue weighted by Crippen LogP contribution is -2.43. The molecule has 0 bridgehead atoms. The standard InChI is InChI=1S/C22H27N3O/c1-15-12-18-19(13-16(15)2)25-20(10-11-23)22(3,4)26-21(25)24(18)14-17-8-6-5-7-9-17/h5-10,18-19,21H,12-14H2,1-4H3/b20-10-. The maximum Gasteiger partial charge on any atom is 0.191 e. The van der Waals surface area contributed by atoms with Gasteiger partial charge in [0.15, 0.2) is 6.35 Å². The van der Waals surface area contributed by atoms with Crippen molar-refractivity contribution in [1.29, 1.82) is 5.26 Å². The summed E-state index contributed by atoms with van der Waals surface area (Å²) >= 11 is 0.